The second-order valence-corrected chi connectivity index (χ2v) is 32.4. The Balaban J connectivity index is 0.000000129. The summed E-state index contributed by atoms with van der Waals surface area (Å²) in [5.41, 5.74) is 8.37. The Bertz CT molecular complexity index is 4780. The number of carbonyl (C=O) groups excluding carboxylic acids is 3. The van der Waals surface area contributed by atoms with Gasteiger partial charge in [0.1, 0.15) is 5.75 Å². The van der Waals surface area contributed by atoms with Crippen LogP contribution in [0, 0.1) is 5.92 Å². The van der Waals surface area contributed by atoms with Crippen LogP contribution in [0.3, 0.4) is 0 Å². The number of sulfonamides is 1. The van der Waals surface area contributed by atoms with Crippen molar-refractivity contribution in [2.45, 2.75) is 111 Å². The van der Waals surface area contributed by atoms with Gasteiger partial charge in [-0.3, -0.25) is 39.0 Å². The third-order valence-corrected chi connectivity index (χ3v) is 22.1. The van der Waals surface area contributed by atoms with E-state index in [-0.39, 0.29) is 29.4 Å². The van der Waals surface area contributed by atoms with Crippen molar-refractivity contribution in [3.63, 3.8) is 0 Å². The van der Waals surface area contributed by atoms with Crippen LogP contribution in [0.2, 0.25) is 25.1 Å². The van der Waals surface area contributed by atoms with Crippen LogP contribution in [-0.2, 0) is 38.5 Å². The van der Waals surface area contributed by atoms with E-state index in [2.05, 4.69) is 95.0 Å². The van der Waals surface area contributed by atoms with Crippen molar-refractivity contribution in [1.82, 2.24) is 69.2 Å². The molecular formula is C72H91Cl5N18O6S. The van der Waals surface area contributed by atoms with Gasteiger partial charge in [0, 0.05) is 199 Å². The second kappa shape index (κ2) is 31.3. The molecule has 0 radical (unpaired) electrons. The molecule has 4 aliphatic heterocycles. The smallest absolute Gasteiger partial charge is 0.225 e. The number of benzene rings is 5. The standard InChI is InChI=1S/C16H21ClN4O.C15H21ClN4O2S.C15H17ClN4O.C15H19ClN4O.C11H13ClN2O/c1-11(22)21-6-5-20(10-16(21,2)3)15-8-12(17)7-14-13(15)9-18-19(14)4;1-15(2)10-19(5-6-20(15)23(4,21)22)14-8-11(16)7-13-12(14)9-17-18(13)3;16-11-7-13-12(9-17-18-13)14(8-11)19-3-5-20(6-4-19)15(21)10-1-2-10;1-9-7-19(8-10(2)20(9)11(3)21)15-5-12(16)4-14-13(15)6-17-18-14;1-2-3-4-15-11-6-8(12)5-10-9(11)7-13-14-10/h7-9H,5-6,10H2,1-4H3;7-9H,5-6,10H2,1-4H3;7-10H,1-6H2,(H,17,18);4-6,9-10H,7-8H2,1-3H3,(H,17,18);5-7H,2-4H2,1H3,(H,13,14)/t;;;9-,10-;/m...1./s1. The zero-order valence-electron chi connectivity index (χ0n) is 59.9. The number of carbonyl (C=O) groups is 3. The Morgan fingerprint density at radius 2 is 0.971 bits per heavy atom. The number of rotatable bonds is 10. The summed E-state index contributed by atoms with van der Waals surface area (Å²) >= 11 is 30.9. The fraction of sp³-hybridized carbons (Fsp3) is 0.472. The molecule has 0 bridgehead atoms. The van der Waals surface area contributed by atoms with Crippen molar-refractivity contribution >= 4 is 163 Å². The summed E-state index contributed by atoms with van der Waals surface area (Å²) < 4.78 is 34.8. The van der Waals surface area contributed by atoms with E-state index < -0.39 is 15.6 Å². The first-order valence-electron chi connectivity index (χ1n) is 34.5. The van der Waals surface area contributed by atoms with E-state index in [4.69, 9.17) is 62.7 Å². The molecule has 4 saturated heterocycles. The van der Waals surface area contributed by atoms with Crippen molar-refractivity contribution in [2.75, 3.05) is 111 Å². The Morgan fingerprint density at radius 1 is 0.539 bits per heavy atom. The zero-order valence-corrected chi connectivity index (χ0v) is 64.5. The number of nitrogens with one attached hydrogen (secondary N) is 3. The number of halogens is 5. The van der Waals surface area contributed by atoms with Gasteiger partial charge in [-0.25, -0.2) is 8.42 Å². The van der Waals surface area contributed by atoms with Gasteiger partial charge in [-0.1, -0.05) is 71.3 Å². The van der Waals surface area contributed by atoms with Crippen LogP contribution >= 0.6 is 58.0 Å². The van der Waals surface area contributed by atoms with Crippen LogP contribution in [-0.4, -0.2) is 210 Å². The summed E-state index contributed by atoms with van der Waals surface area (Å²) in [4.78, 5) is 50.6. The number of unbranched alkanes of at least 4 members (excludes halogenated alkanes) is 1. The molecule has 24 nitrogen and oxygen atoms in total. The van der Waals surface area contributed by atoms with Crippen molar-refractivity contribution in [1.29, 1.82) is 0 Å². The van der Waals surface area contributed by atoms with E-state index >= 15 is 0 Å². The summed E-state index contributed by atoms with van der Waals surface area (Å²) in [7, 11) is 0.578. The highest BCUT2D eigenvalue weighted by molar-refractivity contribution is 7.88. The molecule has 15 rings (SSSR count). The molecule has 5 fully saturated rings. The number of aromatic amines is 3. The first-order valence-corrected chi connectivity index (χ1v) is 38.2. The van der Waals surface area contributed by atoms with Crippen LogP contribution < -0.4 is 24.3 Å². The number of aromatic nitrogens is 10. The summed E-state index contributed by atoms with van der Waals surface area (Å²) in [6.07, 6.45) is 14.7. The van der Waals surface area contributed by atoms with Gasteiger partial charge in [0.25, 0.3) is 0 Å². The third kappa shape index (κ3) is 17.0. The van der Waals surface area contributed by atoms with Gasteiger partial charge in [0.15, 0.2) is 0 Å². The van der Waals surface area contributed by atoms with Gasteiger partial charge in [0.05, 0.1) is 82.4 Å². The van der Waals surface area contributed by atoms with Crippen LogP contribution in [0.15, 0.2) is 91.6 Å². The molecule has 5 aromatic carbocycles. The van der Waals surface area contributed by atoms with Crippen LogP contribution in [0.25, 0.3) is 54.5 Å². The van der Waals surface area contributed by atoms with E-state index in [1.807, 2.05) is 133 Å². The lowest BCUT2D eigenvalue weighted by atomic mass is 9.97. The summed E-state index contributed by atoms with van der Waals surface area (Å²) in [6.45, 7) is 27.2. The van der Waals surface area contributed by atoms with E-state index in [0.29, 0.717) is 56.6 Å². The van der Waals surface area contributed by atoms with Gasteiger partial charge in [0.2, 0.25) is 27.7 Å². The van der Waals surface area contributed by atoms with Gasteiger partial charge in [-0.05, 0) is 121 Å². The minimum absolute atomic E-state index is 0.127. The minimum Gasteiger partial charge on any atom is -0.493 e. The number of nitrogens with zero attached hydrogens (tertiary/aromatic N) is 15. The van der Waals surface area contributed by atoms with Crippen LogP contribution in [0.5, 0.6) is 5.75 Å². The Hall–Kier alpha value is -7.78. The van der Waals surface area contributed by atoms with E-state index in [0.717, 1.165) is 174 Å². The molecule has 3 amide bonds. The highest BCUT2D eigenvalue weighted by atomic mass is 35.5. The number of hydrogen-bond acceptors (Lipinski definition) is 15. The van der Waals surface area contributed by atoms with Crippen LogP contribution in [0.4, 0.5) is 22.7 Å². The maximum atomic E-state index is 12.1. The lowest BCUT2D eigenvalue weighted by molar-refractivity contribution is -0.135. The molecule has 5 aliphatic rings. The van der Waals surface area contributed by atoms with Gasteiger partial charge in [-0.15, -0.1) is 0 Å². The molecule has 30 heteroatoms. The van der Waals surface area contributed by atoms with Crippen LogP contribution in [0.1, 0.15) is 88.0 Å². The number of H-pyrrole nitrogens is 3. The number of hydrogen-bond donors (Lipinski definition) is 3. The number of piperazine rings is 4. The summed E-state index contributed by atoms with van der Waals surface area (Å²) in [5, 5.41) is 38.3. The van der Waals surface area contributed by atoms with Gasteiger partial charge in [-0.2, -0.15) is 29.8 Å². The second-order valence-electron chi connectivity index (χ2n) is 28.3. The first kappa shape index (κ1) is 75.4. The van der Waals surface area contributed by atoms with Gasteiger partial charge >= 0.3 is 0 Å². The molecule has 1 aliphatic carbocycles. The fourth-order valence-electron chi connectivity index (χ4n) is 14.7. The highest BCUT2D eigenvalue weighted by Gasteiger charge is 2.41. The summed E-state index contributed by atoms with van der Waals surface area (Å²) in [5.74, 6) is 1.72. The maximum Gasteiger partial charge on any atom is 0.225 e. The topological polar surface area (TPSA) is 242 Å². The number of anilines is 4. The highest BCUT2D eigenvalue weighted by Crippen LogP contribution is 2.39. The van der Waals surface area contributed by atoms with Gasteiger partial charge < -0.3 is 39.0 Å². The Kier molecular flexibility index (Phi) is 23.1. The zero-order chi connectivity index (χ0) is 73.3. The molecule has 10 aromatic rings. The largest absolute Gasteiger partial charge is 0.493 e. The Labute approximate surface area is 620 Å². The predicted molar refractivity (Wildman–Crippen MR) is 412 cm³/mol. The monoisotopic (exact) mass is 1510 g/mol. The van der Waals surface area contributed by atoms with Crippen molar-refractivity contribution in [3.05, 3.63) is 117 Å². The number of ether oxygens (including phenoxy) is 1. The van der Waals surface area contributed by atoms with E-state index in [9.17, 15) is 22.8 Å². The maximum absolute atomic E-state index is 12.1. The number of fused-ring (bicyclic) bond motifs is 5. The average molecular weight is 1510 g/mol. The first-order chi connectivity index (χ1) is 48.4. The molecule has 5 aromatic heterocycles. The molecule has 2 atom stereocenters. The number of amides is 3. The molecule has 0 unspecified atom stereocenters. The molecule has 9 heterocycles. The molecule has 102 heavy (non-hydrogen) atoms. The van der Waals surface area contributed by atoms with Crippen molar-refractivity contribution < 1.29 is 27.5 Å². The normalized spacial score (nSPS) is 18.5. The third-order valence-electron chi connectivity index (χ3n) is 19.5. The Morgan fingerprint density at radius 3 is 1.42 bits per heavy atom. The molecule has 3 N–H and O–H groups in total. The molecular weight excluding hydrogens is 1420 g/mol. The lowest BCUT2D eigenvalue weighted by Gasteiger charge is -2.47. The quantitative estimate of drug-likeness (QED) is 0.108. The molecule has 0 spiro atoms. The minimum atomic E-state index is -3.22. The van der Waals surface area contributed by atoms with E-state index in [1.165, 1.54) is 6.26 Å². The number of aryl methyl sites for hydroxylation is 2. The van der Waals surface area contributed by atoms with Crippen molar-refractivity contribution in [2.24, 2.45) is 20.0 Å². The predicted octanol–water partition coefficient (Wildman–Crippen LogP) is 13.1. The SMILES string of the molecule is CC(=O)N1CCN(c2cc(Cl)cc3c2cnn3C)CC1(C)C.CC(=O)N1[C@H](C)CN(c2cc(Cl)cc3[nH]ncc23)C[C@H]1C.CCCCOc1cc(Cl)cc2[nH]ncc12.Cn1ncc2c(N3CCN(S(C)(=O)=O)C(C)(C)C3)cc(Cl)cc21.O=C(C1CC1)N1CCN(c2cc(Cl)cc3[nH]ncc23)CC1. The van der Waals surface area contributed by atoms with E-state index in [1.54, 1.807) is 29.0 Å². The lowest BCUT2D eigenvalue weighted by Crippen LogP contribution is -2.60. The molecule has 1 saturated carbocycles. The molecule has 546 valence electrons. The fourth-order valence-corrected chi connectivity index (χ4v) is 17.1. The van der Waals surface area contributed by atoms with Crippen molar-refractivity contribution in [3.8, 4) is 5.75 Å². The summed E-state index contributed by atoms with van der Waals surface area (Å²) in [6, 6.07) is 19.5. The average Bonchev–Trinajstić information content (AvgIpc) is 1.29.